The van der Waals surface area contributed by atoms with Crippen LogP contribution < -0.4 is 14.8 Å². The highest BCUT2D eigenvalue weighted by Gasteiger charge is 2.17. The molecule has 0 saturated heterocycles. The molecule has 1 aromatic rings. The second-order valence-corrected chi connectivity index (χ2v) is 5.68. The van der Waals surface area contributed by atoms with Gasteiger partial charge in [-0.15, -0.1) is 0 Å². The van der Waals surface area contributed by atoms with Gasteiger partial charge in [0.2, 0.25) is 0 Å². The summed E-state index contributed by atoms with van der Waals surface area (Å²) < 4.78 is 11.1. The Balaban J connectivity index is 1.62. The molecule has 0 aliphatic heterocycles. The summed E-state index contributed by atoms with van der Waals surface area (Å²) in [6.45, 7) is 6.68. The zero-order chi connectivity index (χ0) is 14.2. The van der Waals surface area contributed by atoms with Crippen LogP contribution >= 0.6 is 0 Å². The number of ether oxygens (including phenoxy) is 2. The molecule has 1 N–H and O–H groups in total. The summed E-state index contributed by atoms with van der Waals surface area (Å²) in [5, 5.41) is 3.60. The number of hydrogen-bond acceptors (Lipinski definition) is 3. The third kappa shape index (κ3) is 5.04. The Hall–Kier alpha value is -1.22. The van der Waals surface area contributed by atoms with Crippen LogP contribution in [0.4, 0.5) is 0 Å². The van der Waals surface area contributed by atoms with Crippen LogP contribution in [0.2, 0.25) is 0 Å². The Morgan fingerprint density at radius 3 is 2.45 bits per heavy atom. The van der Waals surface area contributed by atoms with Gasteiger partial charge in [0.1, 0.15) is 18.1 Å². The van der Waals surface area contributed by atoms with E-state index in [1.165, 1.54) is 25.7 Å². The van der Waals surface area contributed by atoms with Gasteiger partial charge in [0.15, 0.2) is 0 Å². The van der Waals surface area contributed by atoms with Crippen molar-refractivity contribution in [1.29, 1.82) is 0 Å². The zero-order valence-corrected chi connectivity index (χ0v) is 12.7. The average molecular weight is 277 g/mol. The van der Waals surface area contributed by atoms with Crippen molar-refractivity contribution < 1.29 is 9.47 Å². The predicted molar refractivity (Wildman–Crippen MR) is 82.5 cm³/mol. The van der Waals surface area contributed by atoms with Gasteiger partial charge in [-0.2, -0.15) is 0 Å². The highest BCUT2D eigenvalue weighted by Crippen LogP contribution is 2.23. The van der Waals surface area contributed by atoms with E-state index in [0.29, 0.717) is 12.6 Å². The summed E-state index contributed by atoms with van der Waals surface area (Å²) in [5.41, 5.74) is 0. The molecule has 0 spiro atoms. The molecule has 112 valence electrons. The van der Waals surface area contributed by atoms with Gasteiger partial charge in [-0.05, 0) is 49.9 Å². The summed E-state index contributed by atoms with van der Waals surface area (Å²) in [7, 11) is 0. The average Bonchev–Trinajstić information content (AvgIpc) is 2.46. The molecule has 0 amide bonds. The van der Waals surface area contributed by atoms with Crippen molar-refractivity contribution in [3.63, 3.8) is 0 Å². The van der Waals surface area contributed by atoms with E-state index in [-0.39, 0.29) is 0 Å². The lowest BCUT2D eigenvalue weighted by Crippen LogP contribution is -2.36. The van der Waals surface area contributed by atoms with Crippen molar-refractivity contribution in [2.45, 2.75) is 45.6 Å². The van der Waals surface area contributed by atoms with Crippen LogP contribution in [-0.2, 0) is 0 Å². The van der Waals surface area contributed by atoms with Crippen molar-refractivity contribution in [3.05, 3.63) is 24.3 Å². The molecule has 3 heteroatoms. The van der Waals surface area contributed by atoms with Gasteiger partial charge in [0, 0.05) is 12.6 Å². The van der Waals surface area contributed by atoms with Crippen LogP contribution in [0.25, 0.3) is 0 Å². The van der Waals surface area contributed by atoms with E-state index in [4.69, 9.17) is 9.47 Å². The largest absolute Gasteiger partial charge is 0.494 e. The van der Waals surface area contributed by atoms with E-state index < -0.39 is 0 Å². The first-order valence-electron chi connectivity index (χ1n) is 7.87. The lowest BCUT2D eigenvalue weighted by Gasteiger charge is -2.27. The second-order valence-electron chi connectivity index (χ2n) is 5.68. The summed E-state index contributed by atoms with van der Waals surface area (Å²) >= 11 is 0. The summed E-state index contributed by atoms with van der Waals surface area (Å²) in [6.07, 6.45) is 5.37. The quantitative estimate of drug-likeness (QED) is 0.772. The second kappa shape index (κ2) is 8.15. The van der Waals surface area contributed by atoms with Crippen LogP contribution in [0.3, 0.4) is 0 Å². The lowest BCUT2D eigenvalue weighted by molar-refractivity contribution is 0.266. The van der Waals surface area contributed by atoms with Crippen LogP contribution in [0.15, 0.2) is 24.3 Å². The van der Waals surface area contributed by atoms with E-state index in [1.54, 1.807) is 0 Å². The summed E-state index contributed by atoms with van der Waals surface area (Å²) in [4.78, 5) is 0. The molecule has 1 fully saturated rings. The van der Waals surface area contributed by atoms with Crippen LogP contribution in [-0.4, -0.2) is 25.8 Å². The maximum atomic E-state index is 5.74. The standard InChI is InChI=1S/C17H27NO2/c1-3-19-16-7-9-17(10-8-16)20-12-11-18-15-6-4-5-14(2)13-15/h7-10,14-15,18H,3-6,11-13H2,1-2H3. The molecule has 2 rings (SSSR count). The molecule has 0 radical (unpaired) electrons. The fourth-order valence-corrected chi connectivity index (χ4v) is 2.85. The van der Waals surface area contributed by atoms with Crippen LogP contribution in [0.1, 0.15) is 39.5 Å². The fourth-order valence-electron chi connectivity index (χ4n) is 2.85. The molecule has 1 aromatic carbocycles. The molecule has 1 aliphatic rings. The third-order valence-corrected chi connectivity index (χ3v) is 3.87. The Morgan fingerprint density at radius 2 is 1.80 bits per heavy atom. The molecule has 1 saturated carbocycles. The fraction of sp³-hybridized carbons (Fsp3) is 0.647. The monoisotopic (exact) mass is 277 g/mol. The Kier molecular flexibility index (Phi) is 6.19. The van der Waals surface area contributed by atoms with E-state index in [9.17, 15) is 0 Å². The van der Waals surface area contributed by atoms with Gasteiger partial charge in [0.25, 0.3) is 0 Å². The van der Waals surface area contributed by atoms with Gasteiger partial charge in [-0.25, -0.2) is 0 Å². The normalized spacial score (nSPS) is 22.5. The lowest BCUT2D eigenvalue weighted by atomic mass is 9.87. The van der Waals surface area contributed by atoms with E-state index in [2.05, 4.69) is 12.2 Å². The van der Waals surface area contributed by atoms with Crippen molar-refractivity contribution in [2.75, 3.05) is 19.8 Å². The highest BCUT2D eigenvalue weighted by molar-refractivity contribution is 5.31. The minimum Gasteiger partial charge on any atom is -0.494 e. The van der Waals surface area contributed by atoms with Gasteiger partial charge >= 0.3 is 0 Å². The minimum atomic E-state index is 0.683. The first-order chi connectivity index (χ1) is 9.78. The first kappa shape index (κ1) is 15.2. The van der Waals surface area contributed by atoms with Crippen LogP contribution in [0.5, 0.6) is 11.5 Å². The molecule has 1 aliphatic carbocycles. The topological polar surface area (TPSA) is 30.5 Å². The molecule has 20 heavy (non-hydrogen) atoms. The van der Waals surface area contributed by atoms with Crippen LogP contribution in [0, 0.1) is 5.92 Å². The highest BCUT2D eigenvalue weighted by atomic mass is 16.5. The van der Waals surface area contributed by atoms with E-state index in [0.717, 1.165) is 30.6 Å². The minimum absolute atomic E-state index is 0.683. The zero-order valence-electron chi connectivity index (χ0n) is 12.7. The van der Waals surface area contributed by atoms with E-state index in [1.807, 2.05) is 31.2 Å². The molecule has 0 heterocycles. The SMILES string of the molecule is CCOc1ccc(OCCNC2CCCC(C)C2)cc1. The molecule has 0 bridgehead atoms. The Morgan fingerprint density at radius 1 is 1.10 bits per heavy atom. The number of hydrogen-bond donors (Lipinski definition) is 1. The van der Waals surface area contributed by atoms with Crippen molar-refractivity contribution in [1.82, 2.24) is 5.32 Å². The number of rotatable bonds is 7. The molecule has 2 atom stereocenters. The van der Waals surface area contributed by atoms with E-state index >= 15 is 0 Å². The summed E-state index contributed by atoms with van der Waals surface area (Å²) in [6, 6.07) is 8.52. The summed E-state index contributed by atoms with van der Waals surface area (Å²) in [5.74, 6) is 2.68. The molecular weight excluding hydrogens is 250 g/mol. The predicted octanol–water partition coefficient (Wildman–Crippen LogP) is 3.63. The number of benzene rings is 1. The Labute approximate surface area is 122 Å². The maximum absolute atomic E-state index is 5.74. The van der Waals surface area contributed by atoms with Gasteiger partial charge < -0.3 is 14.8 Å². The number of nitrogens with one attached hydrogen (secondary N) is 1. The van der Waals surface area contributed by atoms with Crippen molar-refractivity contribution in [2.24, 2.45) is 5.92 Å². The molecule has 2 unspecified atom stereocenters. The van der Waals surface area contributed by atoms with Gasteiger partial charge in [-0.1, -0.05) is 19.8 Å². The Bertz CT molecular complexity index is 377. The third-order valence-electron chi connectivity index (χ3n) is 3.87. The smallest absolute Gasteiger partial charge is 0.119 e. The molecule has 3 nitrogen and oxygen atoms in total. The van der Waals surface area contributed by atoms with Gasteiger partial charge in [-0.3, -0.25) is 0 Å². The first-order valence-corrected chi connectivity index (χ1v) is 7.87. The molecule has 0 aromatic heterocycles. The maximum Gasteiger partial charge on any atom is 0.119 e. The van der Waals surface area contributed by atoms with Gasteiger partial charge in [0.05, 0.1) is 6.61 Å². The molecular formula is C17H27NO2. The van der Waals surface area contributed by atoms with Crippen molar-refractivity contribution >= 4 is 0 Å². The van der Waals surface area contributed by atoms with Crippen molar-refractivity contribution in [3.8, 4) is 11.5 Å².